The normalized spacial score (nSPS) is 16.6. The Morgan fingerprint density at radius 1 is 1.12 bits per heavy atom. The van der Waals surface area contributed by atoms with Crippen molar-refractivity contribution in [3.05, 3.63) is 53.3 Å². The fourth-order valence-electron chi connectivity index (χ4n) is 4.84. The Kier molecular flexibility index (Phi) is 5.52. The zero-order chi connectivity index (χ0) is 23.1. The minimum Gasteiger partial charge on any atom is -0.364 e. The van der Waals surface area contributed by atoms with Gasteiger partial charge >= 0.3 is 0 Å². The van der Waals surface area contributed by atoms with Crippen LogP contribution in [0, 0.1) is 38.5 Å². The average Bonchev–Trinajstić information content (AvgIpc) is 3.72. The largest absolute Gasteiger partial charge is 0.364 e. The van der Waals surface area contributed by atoms with E-state index in [1.54, 1.807) is 13.1 Å². The number of amides is 2. The van der Waals surface area contributed by atoms with Crippen molar-refractivity contribution >= 4 is 17.5 Å². The predicted octanol–water partition coefficient (Wildman–Crippen LogP) is 4.16. The van der Waals surface area contributed by atoms with Crippen molar-refractivity contribution in [3.63, 3.8) is 0 Å². The molecule has 2 aliphatic rings. The molecule has 2 fully saturated rings. The van der Waals surface area contributed by atoms with Crippen LogP contribution in [0.1, 0.15) is 53.0 Å². The first-order valence-corrected chi connectivity index (χ1v) is 11.6. The molecule has 3 aromatic heterocycles. The number of aromatic amines is 1. The molecule has 0 spiro atoms. The third kappa shape index (κ3) is 4.42. The lowest BCUT2D eigenvalue weighted by Crippen LogP contribution is -2.50. The lowest BCUT2D eigenvalue weighted by atomic mass is 9.88. The van der Waals surface area contributed by atoms with Crippen LogP contribution in [0.5, 0.6) is 0 Å². The van der Waals surface area contributed by atoms with E-state index in [4.69, 9.17) is 4.52 Å². The molecule has 5 rings (SSSR count). The zero-order valence-corrected chi connectivity index (χ0v) is 19.1. The van der Waals surface area contributed by atoms with Gasteiger partial charge in [0.15, 0.2) is 0 Å². The van der Waals surface area contributed by atoms with Crippen molar-refractivity contribution in [2.24, 2.45) is 17.8 Å². The van der Waals surface area contributed by atoms with Crippen LogP contribution < -0.4 is 10.6 Å². The molecule has 8 heteroatoms. The molecule has 2 aliphatic carbocycles. The molecular weight excluding hydrogens is 418 g/mol. The summed E-state index contributed by atoms with van der Waals surface area (Å²) < 4.78 is 4.92. The number of nitrogens with one attached hydrogen (secondary N) is 3. The van der Waals surface area contributed by atoms with Crippen molar-refractivity contribution in [2.75, 3.05) is 5.32 Å². The van der Waals surface area contributed by atoms with E-state index in [1.165, 1.54) is 6.26 Å². The maximum absolute atomic E-state index is 13.4. The van der Waals surface area contributed by atoms with Crippen LogP contribution in [0.2, 0.25) is 0 Å². The smallest absolute Gasteiger partial charge is 0.257 e. The number of carbonyl (C=O) groups is 2. The number of hydrogen-bond donors (Lipinski definition) is 3. The van der Waals surface area contributed by atoms with Crippen molar-refractivity contribution in [2.45, 2.75) is 52.5 Å². The zero-order valence-electron chi connectivity index (χ0n) is 19.1. The topological polar surface area (TPSA) is 113 Å². The second-order valence-electron chi connectivity index (χ2n) is 9.41. The summed E-state index contributed by atoms with van der Waals surface area (Å²) in [6.07, 6.45) is 9.40. The first-order valence-electron chi connectivity index (χ1n) is 11.6. The number of hydrogen-bond acceptors (Lipinski definition) is 5. The highest BCUT2D eigenvalue weighted by molar-refractivity contribution is 6.01. The van der Waals surface area contributed by atoms with Gasteiger partial charge in [0.05, 0.1) is 23.3 Å². The number of nitrogens with zero attached hydrogens (tertiary/aromatic N) is 2. The molecular formula is C25H29N5O3. The van der Waals surface area contributed by atoms with Crippen molar-refractivity contribution in [1.29, 1.82) is 0 Å². The van der Waals surface area contributed by atoms with Gasteiger partial charge in [0.2, 0.25) is 5.91 Å². The summed E-state index contributed by atoms with van der Waals surface area (Å²) in [6.45, 7) is 5.77. The Labute approximate surface area is 192 Å². The molecule has 0 radical (unpaired) electrons. The van der Waals surface area contributed by atoms with Gasteiger partial charge in [-0.25, -0.2) is 0 Å². The molecule has 172 valence electrons. The summed E-state index contributed by atoms with van der Waals surface area (Å²) in [7, 11) is 0. The fraction of sp³-hybridized carbons (Fsp3) is 0.440. The quantitative estimate of drug-likeness (QED) is 0.480. The van der Waals surface area contributed by atoms with Crippen LogP contribution >= 0.6 is 0 Å². The van der Waals surface area contributed by atoms with E-state index >= 15 is 0 Å². The van der Waals surface area contributed by atoms with E-state index in [2.05, 4.69) is 25.8 Å². The average molecular weight is 448 g/mol. The highest BCUT2D eigenvalue weighted by atomic mass is 16.5. The minimum absolute atomic E-state index is 0.145. The maximum Gasteiger partial charge on any atom is 0.257 e. The van der Waals surface area contributed by atoms with E-state index < -0.39 is 6.04 Å². The van der Waals surface area contributed by atoms with Gasteiger partial charge in [-0.1, -0.05) is 5.16 Å². The van der Waals surface area contributed by atoms with Gasteiger partial charge in [-0.3, -0.25) is 14.6 Å². The molecule has 0 unspecified atom stereocenters. The summed E-state index contributed by atoms with van der Waals surface area (Å²) in [4.78, 5) is 34.1. The number of anilines is 1. The summed E-state index contributed by atoms with van der Waals surface area (Å²) in [6, 6.07) is 3.16. The second-order valence-corrected chi connectivity index (χ2v) is 9.41. The number of pyridine rings is 1. The molecule has 0 aliphatic heterocycles. The summed E-state index contributed by atoms with van der Waals surface area (Å²) >= 11 is 0. The van der Waals surface area contributed by atoms with Gasteiger partial charge in [0.25, 0.3) is 5.91 Å². The second kappa shape index (κ2) is 8.50. The third-order valence-corrected chi connectivity index (χ3v) is 6.84. The molecule has 8 nitrogen and oxygen atoms in total. The molecule has 2 amide bonds. The van der Waals surface area contributed by atoms with Crippen molar-refractivity contribution in [3.8, 4) is 11.3 Å². The third-order valence-electron chi connectivity index (χ3n) is 6.84. The van der Waals surface area contributed by atoms with Crippen LogP contribution in [0.3, 0.4) is 0 Å². The van der Waals surface area contributed by atoms with Gasteiger partial charge in [-0.05, 0) is 81.9 Å². The SMILES string of the molecule is Cc1c[nH]c(C)c1-c1ccc(NC(=O)[C@@H](NC(=O)c2conc2C)C(C2CC2)C2CC2)cn1. The number of carbonyl (C=O) groups excluding carboxylic acids is 2. The van der Waals surface area contributed by atoms with E-state index in [-0.39, 0.29) is 17.7 Å². The van der Waals surface area contributed by atoms with Crippen molar-refractivity contribution in [1.82, 2.24) is 20.4 Å². The highest BCUT2D eigenvalue weighted by Crippen LogP contribution is 2.51. The number of rotatable bonds is 8. The number of aromatic nitrogens is 3. The Bertz CT molecular complexity index is 1140. The molecule has 2 saturated carbocycles. The van der Waals surface area contributed by atoms with Gasteiger partial charge in [-0.15, -0.1) is 0 Å². The highest BCUT2D eigenvalue weighted by Gasteiger charge is 2.48. The molecule has 0 bridgehead atoms. The number of aryl methyl sites for hydroxylation is 3. The Hall–Kier alpha value is -3.42. The van der Waals surface area contributed by atoms with E-state index in [0.717, 1.165) is 48.2 Å². The summed E-state index contributed by atoms with van der Waals surface area (Å²) in [5.74, 6) is 0.581. The van der Waals surface area contributed by atoms with E-state index in [0.29, 0.717) is 28.8 Å². The summed E-state index contributed by atoms with van der Waals surface area (Å²) in [5.41, 5.74) is 5.59. The Morgan fingerprint density at radius 3 is 2.36 bits per heavy atom. The van der Waals surface area contributed by atoms with Crippen molar-refractivity contribution < 1.29 is 14.1 Å². The lowest BCUT2D eigenvalue weighted by molar-refractivity contribution is -0.119. The molecule has 1 atom stereocenters. The lowest BCUT2D eigenvalue weighted by Gasteiger charge is -2.27. The summed E-state index contributed by atoms with van der Waals surface area (Å²) in [5, 5.41) is 9.78. The number of H-pyrrole nitrogens is 1. The minimum atomic E-state index is -0.611. The molecule has 33 heavy (non-hydrogen) atoms. The molecule has 3 aromatic rings. The fourth-order valence-corrected chi connectivity index (χ4v) is 4.84. The van der Waals surface area contributed by atoms with Gasteiger partial charge in [0.1, 0.15) is 17.9 Å². The Morgan fingerprint density at radius 2 is 1.85 bits per heavy atom. The molecule has 0 aromatic carbocycles. The molecule has 0 saturated heterocycles. The van der Waals surface area contributed by atoms with Crippen LogP contribution in [0.15, 0.2) is 35.3 Å². The van der Waals surface area contributed by atoms with Gasteiger partial charge in [-0.2, -0.15) is 0 Å². The van der Waals surface area contributed by atoms with Crippen LogP contribution in [0.25, 0.3) is 11.3 Å². The standard InChI is InChI=1S/C25H29N5O3/c1-13-10-26-15(3)21(13)20-9-8-18(11-27-20)28-25(32)23(22(16-4-5-16)17-6-7-17)29-24(31)19-12-33-30-14(19)2/h8-12,16-17,22-23,26H,4-7H2,1-3H3,(H,28,32)(H,29,31)/t23-/m0/s1. The van der Waals surface area contributed by atoms with Gasteiger partial charge < -0.3 is 20.1 Å². The van der Waals surface area contributed by atoms with Crippen LogP contribution in [0.4, 0.5) is 5.69 Å². The molecule has 3 N–H and O–H groups in total. The van der Waals surface area contributed by atoms with E-state index in [9.17, 15) is 9.59 Å². The molecule has 3 heterocycles. The van der Waals surface area contributed by atoms with E-state index in [1.807, 2.05) is 32.2 Å². The Balaban J connectivity index is 1.35. The maximum atomic E-state index is 13.4. The monoisotopic (exact) mass is 447 g/mol. The van der Waals surface area contributed by atoms with Crippen LogP contribution in [-0.2, 0) is 4.79 Å². The van der Waals surface area contributed by atoms with Crippen LogP contribution in [-0.4, -0.2) is 33.0 Å². The first kappa shape index (κ1) is 21.4. The predicted molar refractivity (Wildman–Crippen MR) is 124 cm³/mol. The van der Waals surface area contributed by atoms with Gasteiger partial charge in [0, 0.05) is 17.5 Å². The first-order chi connectivity index (χ1) is 15.9.